The van der Waals surface area contributed by atoms with Crippen molar-refractivity contribution in [3.05, 3.63) is 73.8 Å². The van der Waals surface area contributed by atoms with Crippen molar-refractivity contribution in [2.24, 2.45) is 0 Å². The summed E-state index contributed by atoms with van der Waals surface area (Å²) in [6, 6.07) is 7.27. The molecule has 0 spiro atoms. The second-order valence-corrected chi connectivity index (χ2v) is 5.56. The maximum atomic E-state index is 12.5. The van der Waals surface area contributed by atoms with E-state index in [0.717, 1.165) is 25.3 Å². The molecule has 0 aliphatic rings. The van der Waals surface area contributed by atoms with Crippen LogP contribution in [0.2, 0.25) is 0 Å². The van der Waals surface area contributed by atoms with Gasteiger partial charge in [0.1, 0.15) is 6.61 Å². The fraction of sp³-hybridized carbons (Fsp3) is 0.167. The number of nitrogens with zero attached hydrogens (tertiary/aromatic N) is 2. The topological polar surface area (TPSA) is 131 Å². The molecule has 0 unspecified atom stereocenters. The third-order valence-electron chi connectivity index (χ3n) is 3.64. The molecule has 0 saturated carbocycles. The molecule has 0 heterocycles. The quantitative estimate of drug-likeness (QED) is 0.257. The minimum absolute atomic E-state index is 0.115. The van der Waals surface area contributed by atoms with Gasteiger partial charge >= 0.3 is 12.6 Å². The van der Waals surface area contributed by atoms with Gasteiger partial charge in [-0.15, -0.1) is 0 Å². The highest BCUT2D eigenvalue weighted by Crippen LogP contribution is 2.36. The molecule has 0 bridgehead atoms. The number of benzene rings is 2. The zero-order chi connectivity index (χ0) is 22.3. The molecule has 0 saturated heterocycles. The first-order valence-electron chi connectivity index (χ1n) is 8.10. The molecule has 2 aromatic rings. The molecule has 0 atom stereocenters. The van der Waals surface area contributed by atoms with Crippen LogP contribution in [0.3, 0.4) is 0 Å². The second kappa shape index (κ2) is 9.91. The maximum absolute atomic E-state index is 12.5. The van der Waals surface area contributed by atoms with E-state index in [-0.39, 0.29) is 17.0 Å². The van der Waals surface area contributed by atoms with E-state index in [2.05, 4.69) is 4.74 Å². The number of carbonyl (C=O) groups is 1. The van der Waals surface area contributed by atoms with Gasteiger partial charge in [0.05, 0.1) is 28.6 Å². The normalized spacial score (nSPS) is 10.8. The molecular formula is C18H14F2N2O8. The van der Waals surface area contributed by atoms with Crippen molar-refractivity contribution in [1.29, 1.82) is 0 Å². The van der Waals surface area contributed by atoms with Gasteiger partial charge in [-0.1, -0.05) is 12.1 Å². The summed E-state index contributed by atoms with van der Waals surface area (Å²) in [6.45, 7) is -3.78. The van der Waals surface area contributed by atoms with Crippen LogP contribution in [0.1, 0.15) is 11.1 Å². The van der Waals surface area contributed by atoms with Crippen molar-refractivity contribution in [1.82, 2.24) is 0 Å². The van der Waals surface area contributed by atoms with Crippen LogP contribution in [-0.4, -0.2) is 29.5 Å². The highest BCUT2D eigenvalue weighted by atomic mass is 19.3. The van der Waals surface area contributed by atoms with Crippen LogP contribution in [0.4, 0.5) is 20.2 Å². The molecule has 12 heteroatoms. The molecule has 0 fully saturated rings. The van der Waals surface area contributed by atoms with E-state index in [1.54, 1.807) is 0 Å². The fourth-order valence-corrected chi connectivity index (χ4v) is 2.33. The van der Waals surface area contributed by atoms with Crippen molar-refractivity contribution in [3.63, 3.8) is 0 Å². The Morgan fingerprint density at radius 3 is 2.47 bits per heavy atom. The lowest BCUT2D eigenvalue weighted by atomic mass is 10.1. The molecule has 158 valence electrons. The molecule has 0 radical (unpaired) electrons. The van der Waals surface area contributed by atoms with Crippen LogP contribution in [0.25, 0.3) is 6.08 Å². The van der Waals surface area contributed by atoms with Crippen LogP contribution in [0.15, 0.2) is 42.5 Å². The van der Waals surface area contributed by atoms with Crippen molar-refractivity contribution < 1.29 is 37.6 Å². The highest BCUT2D eigenvalue weighted by Gasteiger charge is 2.22. The summed E-state index contributed by atoms with van der Waals surface area (Å²) < 4.78 is 38.9. The van der Waals surface area contributed by atoms with E-state index in [4.69, 9.17) is 9.47 Å². The number of hydrogen-bond donors (Lipinski definition) is 0. The van der Waals surface area contributed by atoms with Gasteiger partial charge in [0.15, 0.2) is 11.5 Å². The van der Waals surface area contributed by atoms with E-state index in [9.17, 15) is 33.8 Å². The molecule has 10 nitrogen and oxygen atoms in total. The largest absolute Gasteiger partial charge is 0.493 e. The van der Waals surface area contributed by atoms with Gasteiger partial charge in [-0.3, -0.25) is 20.2 Å². The third-order valence-corrected chi connectivity index (χ3v) is 3.64. The maximum Gasteiger partial charge on any atom is 0.387 e. The zero-order valence-electron chi connectivity index (χ0n) is 15.3. The van der Waals surface area contributed by atoms with Gasteiger partial charge in [-0.05, 0) is 17.7 Å². The number of esters is 1. The highest BCUT2D eigenvalue weighted by molar-refractivity contribution is 5.87. The summed E-state index contributed by atoms with van der Waals surface area (Å²) in [7, 11) is 1.15. The first-order chi connectivity index (χ1) is 14.2. The predicted molar refractivity (Wildman–Crippen MR) is 98.2 cm³/mol. The molecule has 30 heavy (non-hydrogen) atoms. The van der Waals surface area contributed by atoms with Gasteiger partial charge in [0, 0.05) is 18.2 Å². The van der Waals surface area contributed by atoms with Crippen molar-refractivity contribution in [2.45, 2.75) is 13.2 Å². The summed E-state index contributed by atoms with van der Waals surface area (Å²) in [4.78, 5) is 32.4. The number of hydrogen-bond acceptors (Lipinski definition) is 8. The van der Waals surface area contributed by atoms with Gasteiger partial charge in [0.25, 0.3) is 11.4 Å². The average Bonchev–Trinajstić information content (AvgIpc) is 2.70. The Bertz CT molecular complexity index is 994. The van der Waals surface area contributed by atoms with Crippen LogP contribution in [0, 0.1) is 20.2 Å². The lowest BCUT2D eigenvalue weighted by Crippen LogP contribution is -2.07. The number of ether oxygens (including phenoxy) is 3. The average molecular weight is 424 g/mol. The number of nitro groups is 2. The van der Waals surface area contributed by atoms with E-state index in [0.29, 0.717) is 5.56 Å². The fourth-order valence-electron chi connectivity index (χ4n) is 2.33. The lowest BCUT2D eigenvalue weighted by molar-refractivity contribution is -0.386. The van der Waals surface area contributed by atoms with Crippen molar-refractivity contribution in [3.8, 4) is 11.5 Å². The van der Waals surface area contributed by atoms with Gasteiger partial charge in [0.2, 0.25) is 0 Å². The monoisotopic (exact) mass is 424 g/mol. The first-order valence-corrected chi connectivity index (χ1v) is 8.10. The lowest BCUT2D eigenvalue weighted by Gasteiger charge is -2.12. The Kier molecular flexibility index (Phi) is 7.33. The van der Waals surface area contributed by atoms with E-state index in [1.807, 2.05) is 0 Å². The van der Waals surface area contributed by atoms with Gasteiger partial charge in [-0.2, -0.15) is 8.78 Å². The standard InChI is InChI=1S/C18H14F2N2O8/c1-28-15-8-12(14(22(26)27)9-16(15)30-18(19)20)10-29-17(23)6-5-11-3-2-4-13(7-11)21(24)25/h2-9,18H,10H2,1H3/b6-5+. The van der Waals surface area contributed by atoms with Crippen LogP contribution >= 0.6 is 0 Å². The number of non-ortho nitro benzene ring substituents is 1. The van der Waals surface area contributed by atoms with Gasteiger partial charge in [-0.25, -0.2) is 4.79 Å². The SMILES string of the molecule is COc1cc(COC(=O)/C=C/c2cccc([N+](=O)[O-])c2)c([N+](=O)[O-])cc1OC(F)F. The molecular weight excluding hydrogens is 410 g/mol. The van der Waals surface area contributed by atoms with Crippen LogP contribution < -0.4 is 9.47 Å². The molecule has 2 rings (SSSR count). The van der Waals surface area contributed by atoms with Crippen LogP contribution in [-0.2, 0) is 16.1 Å². The van der Waals surface area contributed by atoms with Crippen LogP contribution in [0.5, 0.6) is 11.5 Å². The Morgan fingerprint density at radius 1 is 1.13 bits per heavy atom. The number of carbonyl (C=O) groups excluding carboxylic acids is 1. The summed E-state index contributed by atoms with van der Waals surface area (Å²) in [5, 5.41) is 22.0. The molecule has 0 aliphatic heterocycles. The molecule has 0 amide bonds. The predicted octanol–water partition coefficient (Wildman–Crippen LogP) is 3.87. The third kappa shape index (κ3) is 5.95. The van der Waals surface area contributed by atoms with E-state index < -0.39 is 40.5 Å². The molecule has 0 N–H and O–H groups in total. The van der Waals surface area contributed by atoms with Crippen molar-refractivity contribution >= 4 is 23.4 Å². The second-order valence-electron chi connectivity index (χ2n) is 5.56. The summed E-state index contributed by atoms with van der Waals surface area (Å²) in [5.74, 6) is -1.64. The Labute approximate surface area is 167 Å². The molecule has 0 aromatic heterocycles. The smallest absolute Gasteiger partial charge is 0.387 e. The summed E-state index contributed by atoms with van der Waals surface area (Å²) >= 11 is 0. The number of nitro benzene ring substituents is 2. The number of halogens is 2. The van der Waals surface area contributed by atoms with E-state index in [1.165, 1.54) is 30.3 Å². The number of methoxy groups -OCH3 is 1. The minimum Gasteiger partial charge on any atom is -0.493 e. The Morgan fingerprint density at radius 2 is 1.87 bits per heavy atom. The Hall–Kier alpha value is -4.09. The number of alkyl halides is 2. The first kappa shape index (κ1) is 22.2. The molecule has 2 aromatic carbocycles. The number of rotatable bonds is 9. The Balaban J connectivity index is 2.15. The summed E-state index contributed by atoms with van der Waals surface area (Å²) in [5.41, 5.74) is -0.529. The zero-order valence-corrected chi connectivity index (χ0v) is 15.3. The van der Waals surface area contributed by atoms with Gasteiger partial charge < -0.3 is 14.2 Å². The van der Waals surface area contributed by atoms with E-state index >= 15 is 0 Å². The van der Waals surface area contributed by atoms with Crippen molar-refractivity contribution in [2.75, 3.05) is 7.11 Å². The molecule has 0 aliphatic carbocycles. The summed E-state index contributed by atoms with van der Waals surface area (Å²) in [6.07, 6.45) is 2.25. The minimum atomic E-state index is -3.22.